The SMILES string of the molecule is CCCC(C(=O)O[C@H]1C[C@H](O[Si](C)(C)C(C)(C)C)C=C2C=C[C@H](C)[C@H](CC[C@@H]3C[C@@H](O[Si](C)(C)C(C)(C)C)CC(=O)O3)[C@H]21)C(C)C. The molecule has 0 saturated carbocycles. The topological polar surface area (TPSA) is 71.1 Å². The standard InChI is InChI=1S/C38H68O6Si2/c1-15-16-31(25(2)3)36(40)42-33-23-29(43-45(11,12)37(5,6)7)21-27-18-17-26(4)32(35(27)33)20-19-28-22-30(24-34(39)41-28)44-46(13,14)38(8,9)10/h17-18,21,25-26,28-33,35H,15-16,19-20,22-24H2,1-14H3/t26-,28+,29+,30+,31?,32-,33-,35-/m0/s1. The first-order valence-electron chi connectivity index (χ1n) is 18.2. The molecule has 3 aliphatic rings. The van der Waals surface area contributed by atoms with Crippen LogP contribution in [0.3, 0.4) is 0 Å². The average molecular weight is 677 g/mol. The van der Waals surface area contributed by atoms with Crippen molar-refractivity contribution in [2.45, 2.75) is 175 Å². The number of carbonyl (C=O) groups excluding carboxylic acids is 2. The van der Waals surface area contributed by atoms with Crippen molar-refractivity contribution in [3.05, 3.63) is 23.8 Å². The van der Waals surface area contributed by atoms with Crippen LogP contribution in [0.2, 0.25) is 36.3 Å². The maximum absolute atomic E-state index is 13.8. The minimum absolute atomic E-state index is 0.0676. The van der Waals surface area contributed by atoms with Crippen LogP contribution in [0.25, 0.3) is 0 Å². The van der Waals surface area contributed by atoms with Gasteiger partial charge in [0, 0.05) is 18.8 Å². The summed E-state index contributed by atoms with van der Waals surface area (Å²) in [6.45, 7) is 31.3. The van der Waals surface area contributed by atoms with Gasteiger partial charge in [-0.25, -0.2) is 0 Å². The summed E-state index contributed by atoms with van der Waals surface area (Å²) in [7, 11) is -4.06. The van der Waals surface area contributed by atoms with Crippen LogP contribution in [-0.4, -0.2) is 53.0 Å². The van der Waals surface area contributed by atoms with E-state index in [1.54, 1.807) is 0 Å². The molecule has 8 atom stereocenters. The maximum atomic E-state index is 13.8. The lowest BCUT2D eigenvalue weighted by Gasteiger charge is -2.46. The Labute approximate surface area is 284 Å². The summed E-state index contributed by atoms with van der Waals surface area (Å²) in [5.41, 5.74) is 1.23. The zero-order chi connectivity index (χ0) is 34.8. The smallest absolute Gasteiger partial charge is 0.309 e. The van der Waals surface area contributed by atoms with Gasteiger partial charge in [-0.05, 0) is 78.9 Å². The number of hydrogen-bond donors (Lipinski definition) is 0. The maximum Gasteiger partial charge on any atom is 0.309 e. The lowest BCUT2D eigenvalue weighted by atomic mass is 9.66. The molecule has 46 heavy (non-hydrogen) atoms. The molecule has 0 spiro atoms. The van der Waals surface area contributed by atoms with Crippen molar-refractivity contribution in [1.29, 1.82) is 0 Å². The molecule has 0 N–H and O–H groups in total. The normalized spacial score (nSPS) is 30.0. The molecule has 0 aromatic rings. The first-order valence-corrected chi connectivity index (χ1v) is 24.0. The van der Waals surface area contributed by atoms with E-state index in [1.165, 1.54) is 5.57 Å². The number of hydrogen-bond acceptors (Lipinski definition) is 6. The highest BCUT2D eigenvalue weighted by Gasteiger charge is 2.47. The van der Waals surface area contributed by atoms with Crippen molar-refractivity contribution in [3.8, 4) is 0 Å². The predicted octanol–water partition coefficient (Wildman–Crippen LogP) is 10.0. The Balaban J connectivity index is 1.86. The molecular formula is C38H68O6Si2. The Morgan fingerprint density at radius 2 is 1.59 bits per heavy atom. The number of rotatable bonds is 12. The van der Waals surface area contributed by atoms with Gasteiger partial charge in [0.05, 0.1) is 24.5 Å². The van der Waals surface area contributed by atoms with E-state index < -0.39 is 16.6 Å². The van der Waals surface area contributed by atoms with Crippen molar-refractivity contribution in [3.63, 3.8) is 0 Å². The fraction of sp³-hybridized carbons (Fsp3) is 0.842. The number of esters is 2. The molecular weight excluding hydrogens is 609 g/mol. The van der Waals surface area contributed by atoms with Crippen molar-refractivity contribution < 1.29 is 27.9 Å². The van der Waals surface area contributed by atoms with Crippen LogP contribution in [0.5, 0.6) is 0 Å². The van der Waals surface area contributed by atoms with Gasteiger partial charge in [-0.3, -0.25) is 9.59 Å². The van der Waals surface area contributed by atoms with E-state index in [-0.39, 0.29) is 70.1 Å². The van der Waals surface area contributed by atoms with Crippen molar-refractivity contribution in [2.75, 3.05) is 0 Å². The fourth-order valence-corrected chi connectivity index (χ4v) is 9.60. The second kappa shape index (κ2) is 15.1. The second-order valence-electron chi connectivity index (χ2n) is 18.0. The van der Waals surface area contributed by atoms with Gasteiger partial charge in [-0.2, -0.15) is 0 Å². The minimum Gasteiger partial charge on any atom is -0.462 e. The Morgan fingerprint density at radius 1 is 0.978 bits per heavy atom. The van der Waals surface area contributed by atoms with Gasteiger partial charge in [0.15, 0.2) is 16.6 Å². The minimum atomic E-state index is -2.05. The van der Waals surface area contributed by atoms with E-state index in [0.29, 0.717) is 18.8 Å². The monoisotopic (exact) mass is 676 g/mol. The summed E-state index contributed by atoms with van der Waals surface area (Å²) in [5.74, 6) is 0.590. The van der Waals surface area contributed by atoms with Crippen molar-refractivity contribution in [1.82, 2.24) is 0 Å². The first kappa shape index (κ1) is 39.2. The predicted molar refractivity (Wildman–Crippen MR) is 194 cm³/mol. The van der Waals surface area contributed by atoms with Gasteiger partial charge in [0.1, 0.15) is 12.2 Å². The molecule has 1 fully saturated rings. The molecule has 0 aromatic carbocycles. The van der Waals surface area contributed by atoms with E-state index in [9.17, 15) is 9.59 Å². The lowest BCUT2D eigenvalue weighted by Crippen LogP contribution is -2.49. The number of carbonyl (C=O) groups is 2. The Hall–Kier alpha value is -1.23. The lowest BCUT2D eigenvalue weighted by molar-refractivity contribution is -0.163. The number of ether oxygens (including phenoxy) is 2. The van der Waals surface area contributed by atoms with Crippen LogP contribution >= 0.6 is 0 Å². The highest BCUT2D eigenvalue weighted by atomic mass is 28.4. The molecule has 2 aliphatic carbocycles. The summed E-state index contributed by atoms with van der Waals surface area (Å²) < 4.78 is 26.1. The Kier molecular flexibility index (Phi) is 12.9. The van der Waals surface area contributed by atoms with Gasteiger partial charge in [-0.1, -0.05) is 93.9 Å². The quantitative estimate of drug-likeness (QED) is 0.151. The van der Waals surface area contributed by atoms with Crippen molar-refractivity contribution in [2.24, 2.45) is 29.6 Å². The molecule has 6 nitrogen and oxygen atoms in total. The summed E-state index contributed by atoms with van der Waals surface area (Å²) in [4.78, 5) is 26.5. The van der Waals surface area contributed by atoms with Gasteiger partial charge in [0.2, 0.25) is 0 Å². The molecule has 264 valence electrons. The van der Waals surface area contributed by atoms with Crippen LogP contribution in [0, 0.1) is 29.6 Å². The van der Waals surface area contributed by atoms with Crippen LogP contribution in [-0.2, 0) is 27.9 Å². The summed E-state index contributed by atoms with van der Waals surface area (Å²) in [6.07, 6.45) is 11.5. The molecule has 0 amide bonds. The molecule has 1 aliphatic heterocycles. The Morgan fingerprint density at radius 3 is 2.15 bits per heavy atom. The largest absolute Gasteiger partial charge is 0.462 e. The van der Waals surface area contributed by atoms with E-state index in [2.05, 4.69) is 114 Å². The third-order valence-corrected chi connectivity index (χ3v) is 20.9. The molecule has 3 rings (SSSR count). The molecule has 1 heterocycles. The molecule has 8 heteroatoms. The van der Waals surface area contributed by atoms with E-state index in [4.69, 9.17) is 18.3 Å². The molecule has 1 saturated heterocycles. The first-order chi connectivity index (χ1) is 21.1. The molecule has 0 radical (unpaired) electrons. The van der Waals surface area contributed by atoms with Crippen LogP contribution < -0.4 is 0 Å². The highest BCUT2D eigenvalue weighted by molar-refractivity contribution is 6.74. The van der Waals surface area contributed by atoms with Gasteiger partial charge < -0.3 is 18.3 Å². The third-order valence-electron chi connectivity index (χ3n) is 11.9. The number of fused-ring (bicyclic) bond motifs is 1. The zero-order valence-corrected chi connectivity index (χ0v) is 33.8. The van der Waals surface area contributed by atoms with Crippen molar-refractivity contribution >= 4 is 28.6 Å². The van der Waals surface area contributed by atoms with E-state index in [1.807, 2.05) is 0 Å². The average Bonchev–Trinajstić information content (AvgIpc) is 2.89. The second-order valence-corrected chi connectivity index (χ2v) is 27.5. The van der Waals surface area contributed by atoms with Crippen LogP contribution in [0.1, 0.15) is 114 Å². The zero-order valence-electron chi connectivity index (χ0n) is 31.8. The summed E-state index contributed by atoms with van der Waals surface area (Å²) in [6, 6.07) is 0. The number of allylic oxidation sites excluding steroid dienone is 2. The summed E-state index contributed by atoms with van der Waals surface area (Å²) in [5, 5.41) is 0.170. The molecule has 0 bridgehead atoms. The van der Waals surface area contributed by atoms with Gasteiger partial charge in [-0.15, -0.1) is 0 Å². The van der Waals surface area contributed by atoms with Crippen LogP contribution in [0.4, 0.5) is 0 Å². The fourth-order valence-electron chi connectivity index (χ4n) is 6.96. The van der Waals surface area contributed by atoms with Gasteiger partial charge >= 0.3 is 11.9 Å². The van der Waals surface area contributed by atoms with Crippen LogP contribution in [0.15, 0.2) is 23.8 Å². The summed E-state index contributed by atoms with van der Waals surface area (Å²) >= 11 is 0. The highest BCUT2D eigenvalue weighted by Crippen LogP contribution is 2.47. The van der Waals surface area contributed by atoms with Gasteiger partial charge in [0.25, 0.3) is 0 Å². The van der Waals surface area contributed by atoms with E-state index >= 15 is 0 Å². The molecule has 1 unspecified atom stereocenters. The van der Waals surface area contributed by atoms with E-state index in [0.717, 1.165) is 32.1 Å². The molecule has 0 aromatic heterocycles. The third kappa shape index (κ3) is 9.69. The Bertz CT molecular complexity index is 1110. The number of cyclic esters (lactones) is 1.